The van der Waals surface area contributed by atoms with Crippen molar-refractivity contribution in [2.75, 3.05) is 13.2 Å². The molecule has 5 atom stereocenters. The molecule has 1 aromatic rings. The van der Waals surface area contributed by atoms with Crippen molar-refractivity contribution < 1.29 is 47.9 Å². The van der Waals surface area contributed by atoms with Crippen LogP contribution in [-0.2, 0) is 15.7 Å². The minimum atomic E-state index is -4.60. The highest BCUT2D eigenvalue weighted by Crippen LogP contribution is 2.29. The van der Waals surface area contributed by atoms with E-state index in [0.717, 1.165) is 12.1 Å². The number of Topliss-reactive ketones (excluding diaryl/α,β-unsaturated/α-hetero) is 1. The predicted molar refractivity (Wildman–Crippen MR) is 75.5 cm³/mol. The molecule has 1 fully saturated rings. The van der Waals surface area contributed by atoms with E-state index in [9.17, 15) is 33.3 Å². The number of hydrogen-bond donors (Lipinski definition) is 4. The molecule has 25 heavy (non-hydrogen) atoms. The molecule has 7 nitrogen and oxygen atoms in total. The summed E-state index contributed by atoms with van der Waals surface area (Å²) < 4.78 is 48.0. The lowest BCUT2D eigenvalue weighted by molar-refractivity contribution is -0.298. The molecule has 4 N–H and O–H groups in total. The molecule has 0 bridgehead atoms. The number of benzene rings is 1. The first-order valence-corrected chi connectivity index (χ1v) is 7.27. The maximum absolute atomic E-state index is 12.7. The van der Waals surface area contributed by atoms with Crippen molar-refractivity contribution in [2.45, 2.75) is 36.9 Å². The molecule has 1 saturated heterocycles. The summed E-state index contributed by atoms with van der Waals surface area (Å²) in [7, 11) is 0. The first kappa shape index (κ1) is 19.8. The Hall–Kier alpha value is -1.56. The summed E-state index contributed by atoms with van der Waals surface area (Å²) >= 11 is 0. The molecule has 1 aromatic carbocycles. The molecular weight excluding hydrogens is 349 g/mol. The standard InChI is InChI=1S/C15H17F3O7/c16-15(17,18)8-3-1-2-7(4-8)9(20)6-24-14-13(23)12(22)11(21)10(5-19)25-14/h1-4,10-14,19,21-23H,5-6H2/t10-,11-,12+,13-,14-/m1/s1. The number of rotatable bonds is 5. The van der Waals surface area contributed by atoms with Crippen LogP contribution >= 0.6 is 0 Å². The fourth-order valence-electron chi connectivity index (χ4n) is 2.32. The predicted octanol–water partition coefficient (Wildman–Crippen LogP) is -0.295. The third kappa shape index (κ3) is 4.54. The van der Waals surface area contributed by atoms with Gasteiger partial charge in [-0.1, -0.05) is 12.1 Å². The van der Waals surface area contributed by atoms with Crippen LogP contribution in [0.2, 0.25) is 0 Å². The minimum absolute atomic E-state index is 0.251. The summed E-state index contributed by atoms with van der Waals surface area (Å²) in [5, 5.41) is 38.0. The van der Waals surface area contributed by atoms with Gasteiger partial charge in [-0.3, -0.25) is 4.79 Å². The Morgan fingerprint density at radius 1 is 1.16 bits per heavy atom. The smallest absolute Gasteiger partial charge is 0.394 e. The van der Waals surface area contributed by atoms with Crippen molar-refractivity contribution >= 4 is 5.78 Å². The number of alkyl halides is 3. The zero-order valence-electron chi connectivity index (χ0n) is 12.8. The third-order valence-electron chi connectivity index (χ3n) is 3.74. The maximum atomic E-state index is 12.7. The summed E-state index contributed by atoms with van der Waals surface area (Å²) in [6.07, 6.45) is -12.3. The van der Waals surface area contributed by atoms with Crippen molar-refractivity contribution in [1.29, 1.82) is 0 Å². The lowest BCUT2D eigenvalue weighted by atomic mass is 9.99. The number of aliphatic hydroxyl groups excluding tert-OH is 4. The summed E-state index contributed by atoms with van der Waals surface area (Å²) in [6, 6.07) is 3.73. The van der Waals surface area contributed by atoms with Crippen LogP contribution in [-0.4, -0.2) is 70.1 Å². The van der Waals surface area contributed by atoms with E-state index < -0.39 is 61.4 Å². The molecule has 10 heteroatoms. The van der Waals surface area contributed by atoms with Gasteiger partial charge in [0, 0.05) is 5.56 Å². The Kier molecular flexibility index (Phi) is 6.14. The van der Waals surface area contributed by atoms with Gasteiger partial charge in [0.15, 0.2) is 12.1 Å². The maximum Gasteiger partial charge on any atom is 0.416 e. The topological polar surface area (TPSA) is 116 Å². The van der Waals surface area contributed by atoms with Crippen molar-refractivity contribution in [3.8, 4) is 0 Å². The number of aliphatic hydroxyl groups is 4. The minimum Gasteiger partial charge on any atom is -0.394 e. The van der Waals surface area contributed by atoms with E-state index in [0.29, 0.717) is 6.07 Å². The van der Waals surface area contributed by atoms with E-state index in [1.165, 1.54) is 6.07 Å². The Labute approximate surface area is 140 Å². The van der Waals surface area contributed by atoms with E-state index in [4.69, 9.17) is 14.6 Å². The molecule has 0 amide bonds. The summed E-state index contributed by atoms with van der Waals surface area (Å²) in [6.45, 7) is -1.41. The SMILES string of the molecule is O=C(CO[C@@H]1O[C@H](CO)[C@@H](O)[C@H](O)[C@H]1O)c1cccc(C(F)(F)F)c1. The van der Waals surface area contributed by atoms with Gasteiger partial charge in [-0.25, -0.2) is 0 Å². The average Bonchev–Trinajstić information content (AvgIpc) is 2.58. The van der Waals surface area contributed by atoms with Crippen molar-refractivity contribution in [3.05, 3.63) is 35.4 Å². The second-order valence-corrected chi connectivity index (χ2v) is 5.51. The van der Waals surface area contributed by atoms with E-state index in [1.807, 2.05) is 0 Å². The van der Waals surface area contributed by atoms with Gasteiger partial charge >= 0.3 is 6.18 Å². The first-order chi connectivity index (χ1) is 11.6. The molecule has 1 heterocycles. The number of ketones is 1. The third-order valence-corrected chi connectivity index (χ3v) is 3.74. The van der Waals surface area contributed by atoms with Crippen LogP contribution in [0, 0.1) is 0 Å². The molecule has 0 radical (unpaired) electrons. The first-order valence-electron chi connectivity index (χ1n) is 7.27. The normalized spacial score (nSPS) is 30.3. The van der Waals surface area contributed by atoms with Gasteiger partial charge in [0.1, 0.15) is 31.0 Å². The Balaban J connectivity index is 2.02. The van der Waals surface area contributed by atoms with E-state index in [-0.39, 0.29) is 5.56 Å². The fraction of sp³-hybridized carbons (Fsp3) is 0.533. The second-order valence-electron chi connectivity index (χ2n) is 5.51. The quantitative estimate of drug-likeness (QED) is 0.529. The molecule has 0 spiro atoms. The number of carbonyl (C=O) groups is 1. The van der Waals surface area contributed by atoms with Crippen molar-refractivity contribution in [3.63, 3.8) is 0 Å². The van der Waals surface area contributed by atoms with Crippen molar-refractivity contribution in [1.82, 2.24) is 0 Å². The Bertz CT molecular complexity index is 605. The number of ether oxygens (including phenoxy) is 2. The molecule has 0 saturated carbocycles. The highest BCUT2D eigenvalue weighted by molar-refractivity contribution is 5.97. The highest BCUT2D eigenvalue weighted by atomic mass is 19.4. The fourth-order valence-corrected chi connectivity index (χ4v) is 2.32. The van der Waals surface area contributed by atoms with E-state index in [2.05, 4.69) is 0 Å². The summed E-state index contributed by atoms with van der Waals surface area (Å²) in [5.74, 6) is -0.803. The van der Waals surface area contributed by atoms with Gasteiger partial charge in [0.25, 0.3) is 0 Å². The molecule has 1 aliphatic rings. The largest absolute Gasteiger partial charge is 0.416 e. The molecule has 2 rings (SSSR count). The zero-order valence-corrected chi connectivity index (χ0v) is 12.8. The average molecular weight is 366 g/mol. The van der Waals surface area contributed by atoms with Crippen LogP contribution in [0.3, 0.4) is 0 Å². The van der Waals surface area contributed by atoms with Gasteiger partial charge < -0.3 is 29.9 Å². The summed E-state index contributed by atoms with van der Waals surface area (Å²) in [5.41, 5.74) is -1.24. The lowest BCUT2D eigenvalue weighted by Gasteiger charge is -2.39. The van der Waals surface area contributed by atoms with Crippen LogP contribution in [0.15, 0.2) is 24.3 Å². The number of carbonyl (C=O) groups excluding carboxylic acids is 1. The molecule has 0 unspecified atom stereocenters. The number of hydrogen-bond acceptors (Lipinski definition) is 7. The molecular formula is C15H17F3O7. The van der Waals surface area contributed by atoms with Crippen LogP contribution in [0.1, 0.15) is 15.9 Å². The van der Waals surface area contributed by atoms with Gasteiger partial charge in [-0.2, -0.15) is 13.2 Å². The Morgan fingerprint density at radius 2 is 1.84 bits per heavy atom. The van der Waals surface area contributed by atoms with Crippen LogP contribution in [0.4, 0.5) is 13.2 Å². The number of halogens is 3. The van der Waals surface area contributed by atoms with Crippen LogP contribution in [0.25, 0.3) is 0 Å². The highest BCUT2D eigenvalue weighted by Gasteiger charge is 2.44. The second kappa shape index (κ2) is 7.77. The van der Waals surface area contributed by atoms with Gasteiger partial charge in [-0.15, -0.1) is 0 Å². The summed E-state index contributed by atoms with van der Waals surface area (Å²) in [4.78, 5) is 12.0. The Morgan fingerprint density at radius 3 is 2.44 bits per heavy atom. The zero-order chi connectivity index (χ0) is 18.8. The van der Waals surface area contributed by atoms with E-state index >= 15 is 0 Å². The monoisotopic (exact) mass is 366 g/mol. The lowest BCUT2D eigenvalue weighted by Crippen LogP contribution is -2.59. The van der Waals surface area contributed by atoms with Crippen molar-refractivity contribution in [2.24, 2.45) is 0 Å². The molecule has 140 valence electrons. The molecule has 0 aliphatic carbocycles. The van der Waals surface area contributed by atoms with Crippen LogP contribution in [0.5, 0.6) is 0 Å². The van der Waals surface area contributed by atoms with Gasteiger partial charge in [0.2, 0.25) is 0 Å². The molecule has 0 aromatic heterocycles. The molecule has 1 aliphatic heterocycles. The van der Waals surface area contributed by atoms with Crippen LogP contribution < -0.4 is 0 Å². The van der Waals surface area contributed by atoms with Gasteiger partial charge in [-0.05, 0) is 12.1 Å². The van der Waals surface area contributed by atoms with Gasteiger partial charge in [0.05, 0.1) is 12.2 Å². The van der Waals surface area contributed by atoms with E-state index in [1.54, 1.807) is 0 Å².